The minimum Gasteiger partial charge on any atom is -0.504 e. The molecule has 1 fully saturated rings. The quantitative estimate of drug-likeness (QED) is 0.629. The van der Waals surface area contributed by atoms with Crippen molar-refractivity contribution in [1.82, 2.24) is 25.5 Å². The van der Waals surface area contributed by atoms with Crippen LogP contribution in [0, 0.1) is 0 Å². The average molecular weight is 349 g/mol. The Morgan fingerprint density at radius 2 is 2.35 bits per heavy atom. The summed E-state index contributed by atoms with van der Waals surface area (Å²) in [5.74, 6) is 0.479. The van der Waals surface area contributed by atoms with Crippen LogP contribution in [0.4, 0.5) is 0 Å². The largest absolute Gasteiger partial charge is 0.504 e. The lowest BCUT2D eigenvalue weighted by Gasteiger charge is -2.11. The van der Waals surface area contributed by atoms with Crippen molar-refractivity contribution < 1.29 is 14.6 Å². The van der Waals surface area contributed by atoms with Crippen molar-refractivity contribution in [2.24, 2.45) is 0 Å². The van der Waals surface area contributed by atoms with Crippen LogP contribution in [0.5, 0.6) is 11.5 Å². The van der Waals surface area contributed by atoms with Gasteiger partial charge in [0.1, 0.15) is 4.32 Å². The van der Waals surface area contributed by atoms with Crippen LogP contribution in [0.25, 0.3) is 6.08 Å². The van der Waals surface area contributed by atoms with Crippen molar-refractivity contribution in [3.63, 3.8) is 0 Å². The molecular formula is C13H11N5O3S2. The summed E-state index contributed by atoms with van der Waals surface area (Å²) in [5, 5.41) is 23.4. The van der Waals surface area contributed by atoms with Gasteiger partial charge in [-0.25, -0.2) is 5.10 Å². The Labute approximate surface area is 140 Å². The number of ether oxygens (including phenoxy) is 1. The number of carbonyl (C=O) groups is 1. The fraction of sp³-hybridized carbons (Fsp3) is 0.154. The number of para-hydroxylation sites is 1. The number of H-pyrrole nitrogens is 1. The topological polar surface area (TPSA) is 104 Å². The maximum atomic E-state index is 12.5. The number of nitrogens with zero attached hydrogens (tertiary/aromatic N) is 4. The number of aromatic amines is 1. The summed E-state index contributed by atoms with van der Waals surface area (Å²) < 4.78 is 5.46. The van der Waals surface area contributed by atoms with Gasteiger partial charge in [-0.1, -0.05) is 36.1 Å². The van der Waals surface area contributed by atoms with Crippen LogP contribution in [0.1, 0.15) is 11.4 Å². The number of phenolic OH excluding ortho intramolecular Hbond substituents is 1. The molecule has 1 aliphatic heterocycles. The van der Waals surface area contributed by atoms with Gasteiger partial charge < -0.3 is 9.84 Å². The van der Waals surface area contributed by atoms with E-state index in [4.69, 9.17) is 17.0 Å². The van der Waals surface area contributed by atoms with Crippen molar-refractivity contribution in [1.29, 1.82) is 0 Å². The smallest absolute Gasteiger partial charge is 0.266 e. The molecule has 2 heterocycles. The molecule has 2 aromatic rings. The lowest BCUT2D eigenvalue weighted by molar-refractivity contribution is -0.122. The second-order valence-corrected chi connectivity index (χ2v) is 6.19. The van der Waals surface area contributed by atoms with E-state index >= 15 is 0 Å². The standard InChI is InChI=1S/C13H11N5O3S2/c1-21-8-4-2-3-7(11(8)19)5-9-12(20)18(13(22)23-9)6-10-14-16-17-15-10/h2-5,19H,6H2,1H3,(H,14,15,16,17)/b9-5-. The molecule has 3 rings (SSSR count). The molecule has 0 bridgehead atoms. The molecule has 0 saturated carbocycles. The van der Waals surface area contributed by atoms with Gasteiger partial charge in [0.25, 0.3) is 5.91 Å². The molecule has 0 aliphatic carbocycles. The molecule has 8 nitrogen and oxygen atoms in total. The van der Waals surface area contributed by atoms with Crippen LogP contribution in [0.3, 0.4) is 0 Å². The van der Waals surface area contributed by atoms with Crippen LogP contribution < -0.4 is 4.74 Å². The Kier molecular flexibility index (Phi) is 4.26. The molecule has 1 aliphatic rings. The lowest BCUT2D eigenvalue weighted by atomic mass is 10.1. The Balaban J connectivity index is 1.87. The van der Waals surface area contributed by atoms with E-state index in [9.17, 15) is 9.90 Å². The van der Waals surface area contributed by atoms with Gasteiger partial charge in [-0.15, -0.1) is 5.10 Å². The third-order valence-electron chi connectivity index (χ3n) is 3.11. The highest BCUT2D eigenvalue weighted by Gasteiger charge is 2.33. The molecule has 0 unspecified atom stereocenters. The zero-order valence-corrected chi connectivity index (χ0v) is 13.5. The summed E-state index contributed by atoms with van der Waals surface area (Å²) in [6.07, 6.45) is 1.58. The molecule has 0 radical (unpaired) electrons. The number of hydrogen-bond donors (Lipinski definition) is 2. The van der Waals surface area contributed by atoms with Gasteiger partial charge in [0.15, 0.2) is 17.3 Å². The van der Waals surface area contributed by atoms with Gasteiger partial charge in [0.05, 0.1) is 18.6 Å². The number of aromatic hydroxyl groups is 1. The number of tetrazole rings is 1. The molecular weight excluding hydrogens is 338 g/mol. The van der Waals surface area contributed by atoms with Crippen LogP contribution in [0.2, 0.25) is 0 Å². The molecule has 23 heavy (non-hydrogen) atoms. The number of phenols is 1. The normalized spacial score (nSPS) is 16.4. The Morgan fingerprint density at radius 3 is 3.04 bits per heavy atom. The third kappa shape index (κ3) is 3.03. The minimum absolute atomic E-state index is 0.0281. The van der Waals surface area contributed by atoms with Gasteiger partial charge in [-0.05, 0) is 22.6 Å². The maximum Gasteiger partial charge on any atom is 0.266 e. The van der Waals surface area contributed by atoms with E-state index < -0.39 is 0 Å². The number of benzene rings is 1. The third-order valence-corrected chi connectivity index (χ3v) is 4.49. The molecule has 10 heteroatoms. The first-order valence-electron chi connectivity index (χ1n) is 6.44. The Morgan fingerprint density at radius 1 is 1.52 bits per heavy atom. The molecule has 2 N–H and O–H groups in total. The van der Waals surface area contributed by atoms with Gasteiger partial charge >= 0.3 is 0 Å². The summed E-state index contributed by atoms with van der Waals surface area (Å²) in [5.41, 5.74) is 0.478. The van der Waals surface area contributed by atoms with Crippen molar-refractivity contribution in [3.8, 4) is 11.5 Å². The number of thioether (sulfide) groups is 1. The van der Waals surface area contributed by atoms with Gasteiger partial charge in [-0.2, -0.15) is 0 Å². The molecule has 0 atom stereocenters. The summed E-state index contributed by atoms with van der Waals surface area (Å²) in [4.78, 5) is 14.3. The van der Waals surface area contributed by atoms with E-state index in [1.54, 1.807) is 24.3 Å². The van der Waals surface area contributed by atoms with Crippen LogP contribution in [0.15, 0.2) is 23.1 Å². The first kappa shape index (κ1) is 15.4. The summed E-state index contributed by atoms with van der Waals surface area (Å²) in [7, 11) is 1.46. The number of carbonyl (C=O) groups excluding carboxylic acids is 1. The van der Waals surface area contributed by atoms with Crippen molar-refractivity contribution in [2.45, 2.75) is 6.54 Å². The Bertz CT molecular complexity index is 791. The highest BCUT2D eigenvalue weighted by molar-refractivity contribution is 8.26. The summed E-state index contributed by atoms with van der Waals surface area (Å²) in [6.45, 7) is 0.166. The number of hydrogen-bond acceptors (Lipinski definition) is 8. The van der Waals surface area contributed by atoms with E-state index in [0.29, 0.717) is 26.4 Å². The lowest BCUT2D eigenvalue weighted by Crippen LogP contribution is -2.27. The van der Waals surface area contributed by atoms with E-state index in [0.717, 1.165) is 11.8 Å². The highest BCUT2D eigenvalue weighted by Crippen LogP contribution is 2.37. The fourth-order valence-corrected chi connectivity index (χ4v) is 3.24. The van der Waals surface area contributed by atoms with Crippen LogP contribution in [-0.4, -0.2) is 48.0 Å². The maximum absolute atomic E-state index is 12.5. The highest BCUT2D eigenvalue weighted by atomic mass is 32.2. The minimum atomic E-state index is -0.265. The van der Waals surface area contributed by atoms with Crippen LogP contribution >= 0.6 is 24.0 Å². The number of thiocarbonyl (C=S) groups is 1. The number of amides is 1. The van der Waals surface area contributed by atoms with Gasteiger partial charge in [-0.3, -0.25) is 9.69 Å². The molecule has 118 valence electrons. The van der Waals surface area contributed by atoms with Gasteiger partial charge in [0, 0.05) is 5.56 Å². The second-order valence-electron chi connectivity index (χ2n) is 4.51. The number of nitrogens with one attached hydrogen (secondary N) is 1. The molecule has 1 saturated heterocycles. The van der Waals surface area contributed by atoms with Crippen molar-refractivity contribution in [3.05, 3.63) is 34.5 Å². The molecule has 1 aromatic carbocycles. The fourth-order valence-electron chi connectivity index (χ4n) is 1.99. The molecule has 1 amide bonds. The number of rotatable bonds is 4. The van der Waals surface area contributed by atoms with E-state index in [1.807, 2.05) is 0 Å². The van der Waals surface area contributed by atoms with Gasteiger partial charge in [0.2, 0.25) is 0 Å². The van der Waals surface area contributed by atoms with E-state index in [-0.39, 0.29) is 18.2 Å². The zero-order valence-electron chi connectivity index (χ0n) is 11.9. The monoisotopic (exact) mass is 349 g/mol. The first-order valence-corrected chi connectivity index (χ1v) is 7.66. The number of aromatic nitrogens is 4. The predicted molar refractivity (Wildman–Crippen MR) is 87.6 cm³/mol. The summed E-state index contributed by atoms with van der Waals surface area (Å²) in [6, 6.07) is 5.05. The average Bonchev–Trinajstić information content (AvgIpc) is 3.14. The van der Waals surface area contributed by atoms with Crippen molar-refractivity contribution in [2.75, 3.05) is 7.11 Å². The summed E-state index contributed by atoms with van der Waals surface area (Å²) >= 11 is 6.38. The van der Waals surface area contributed by atoms with E-state index in [2.05, 4.69) is 20.6 Å². The molecule has 1 aromatic heterocycles. The predicted octanol–water partition coefficient (Wildman–Crippen LogP) is 1.32. The zero-order chi connectivity index (χ0) is 16.4. The SMILES string of the molecule is COc1cccc(/C=C2\SC(=S)N(Cc3nnn[nH]3)C2=O)c1O. The molecule has 0 spiro atoms. The first-order chi connectivity index (χ1) is 11.1. The Hall–Kier alpha value is -2.46. The number of methoxy groups -OCH3 is 1. The van der Waals surface area contributed by atoms with Crippen LogP contribution in [-0.2, 0) is 11.3 Å². The van der Waals surface area contributed by atoms with E-state index in [1.165, 1.54) is 12.0 Å². The van der Waals surface area contributed by atoms with Crippen molar-refractivity contribution >= 4 is 40.3 Å². The second kappa shape index (κ2) is 6.34.